The summed E-state index contributed by atoms with van der Waals surface area (Å²) in [5.41, 5.74) is -0.231. The van der Waals surface area contributed by atoms with Crippen LogP contribution in [-0.2, 0) is 17.1 Å². The first-order valence-corrected chi connectivity index (χ1v) is 8.71. The number of nitrogens with one attached hydrogen (secondary N) is 1. The first-order valence-electron chi connectivity index (χ1n) is 7.27. The average molecular weight is 298 g/mol. The fourth-order valence-electron chi connectivity index (χ4n) is 3.50. The molecule has 3 rings (SSSR count). The Hall–Kier alpha value is -0.920. The maximum Gasteiger partial charge on any atom is 0.246 e. The number of nitrogens with zero attached hydrogens (tertiary/aromatic N) is 3. The van der Waals surface area contributed by atoms with Gasteiger partial charge < -0.3 is 5.32 Å². The molecule has 0 radical (unpaired) electrons. The minimum Gasteiger partial charge on any atom is -0.314 e. The molecule has 6 nitrogen and oxygen atoms in total. The quantitative estimate of drug-likeness (QED) is 0.873. The van der Waals surface area contributed by atoms with Crippen LogP contribution in [-0.4, -0.2) is 47.7 Å². The fourth-order valence-corrected chi connectivity index (χ4v) is 5.31. The Morgan fingerprint density at radius 3 is 2.70 bits per heavy atom. The Kier molecular flexibility index (Phi) is 3.60. The molecule has 0 bridgehead atoms. The monoisotopic (exact) mass is 298 g/mol. The fraction of sp³-hybridized carbons (Fsp3) is 0.769. The summed E-state index contributed by atoms with van der Waals surface area (Å²) in [6.45, 7) is 2.05. The number of aryl methyl sites for hydroxylation is 1. The van der Waals surface area contributed by atoms with Gasteiger partial charge in [0.15, 0.2) is 0 Å². The van der Waals surface area contributed by atoms with E-state index in [1.165, 1.54) is 12.6 Å². The molecule has 0 aromatic carbocycles. The van der Waals surface area contributed by atoms with Crippen LogP contribution >= 0.6 is 0 Å². The van der Waals surface area contributed by atoms with Gasteiger partial charge in [0.25, 0.3) is 0 Å². The second-order valence-electron chi connectivity index (χ2n) is 5.89. The van der Waals surface area contributed by atoms with E-state index < -0.39 is 10.0 Å². The maximum absolute atomic E-state index is 12.9. The first-order chi connectivity index (χ1) is 9.55. The first kappa shape index (κ1) is 14.0. The molecule has 1 aliphatic carbocycles. The normalized spacial score (nSPS) is 24.1. The number of piperazine rings is 1. The molecule has 20 heavy (non-hydrogen) atoms. The van der Waals surface area contributed by atoms with Gasteiger partial charge in [0, 0.05) is 38.4 Å². The molecule has 0 unspecified atom stereocenters. The Morgan fingerprint density at radius 2 is 2.05 bits per heavy atom. The molecule has 1 saturated heterocycles. The van der Waals surface area contributed by atoms with Gasteiger partial charge in [0.05, 0.1) is 6.20 Å². The van der Waals surface area contributed by atoms with E-state index in [0.717, 1.165) is 38.8 Å². The van der Waals surface area contributed by atoms with Crippen LogP contribution in [0, 0.1) is 0 Å². The lowest BCUT2D eigenvalue weighted by molar-refractivity contribution is 0.101. The highest BCUT2D eigenvalue weighted by molar-refractivity contribution is 7.89. The van der Waals surface area contributed by atoms with Crippen molar-refractivity contribution in [2.24, 2.45) is 7.05 Å². The lowest BCUT2D eigenvalue weighted by Gasteiger charge is -2.48. The maximum atomic E-state index is 12.9. The molecule has 1 aliphatic heterocycles. The van der Waals surface area contributed by atoms with Crippen molar-refractivity contribution in [3.63, 3.8) is 0 Å². The third-order valence-electron chi connectivity index (χ3n) is 4.53. The van der Waals surface area contributed by atoms with Crippen LogP contribution in [0.25, 0.3) is 0 Å². The summed E-state index contributed by atoms with van der Waals surface area (Å²) in [4.78, 5) is 0.312. The van der Waals surface area contributed by atoms with Crippen LogP contribution in [0.15, 0.2) is 17.3 Å². The zero-order chi connectivity index (χ0) is 14.2. The summed E-state index contributed by atoms with van der Waals surface area (Å²) >= 11 is 0. The predicted octanol–water partition coefficient (Wildman–Crippen LogP) is 0.717. The minimum absolute atomic E-state index is 0.231. The minimum atomic E-state index is -3.44. The van der Waals surface area contributed by atoms with Crippen molar-refractivity contribution in [1.82, 2.24) is 19.4 Å². The van der Waals surface area contributed by atoms with Crippen molar-refractivity contribution in [2.45, 2.75) is 42.5 Å². The van der Waals surface area contributed by atoms with E-state index in [1.807, 2.05) is 0 Å². The zero-order valence-electron chi connectivity index (χ0n) is 11.9. The van der Waals surface area contributed by atoms with Crippen LogP contribution < -0.4 is 5.32 Å². The highest BCUT2D eigenvalue weighted by Crippen LogP contribution is 2.37. The molecular weight excluding hydrogens is 276 g/mol. The molecule has 2 aliphatic rings. The lowest BCUT2D eigenvalue weighted by atomic mass is 9.80. The summed E-state index contributed by atoms with van der Waals surface area (Å²) in [6.07, 6.45) is 8.39. The van der Waals surface area contributed by atoms with Crippen LogP contribution in [0.2, 0.25) is 0 Å². The van der Waals surface area contributed by atoms with E-state index in [9.17, 15) is 8.42 Å². The molecular formula is C13H22N4O2S. The lowest BCUT2D eigenvalue weighted by Crippen LogP contribution is -2.63. The molecule has 2 heterocycles. The third-order valence-corrected chi connectivity index (χ3v) is 6.48. The van der Waals surface area contributed by atoms with Gasteiger partial charge in [-0.3, -0.25) is 4.68 Å². The summed E-state index contributed by atoms with van der Waals surface area (Å²) in [5.74, 6) is 0. The van der Waals surface area contributed by atoms with Crippen LogP contribution in [0.4, 0.5) is 0 Å². The van der Waals surface area contributed by atoms with E-state index in [4.69, 9.17) is 0 Å². The van der Waals surface area contributed by atoms with Crippen LogP contribution in [0.3, 0.4) is 0 Å². The molecule has 0 atom stereocenters. The van der Waals surface area contributed by atoms with E-state index in [2.05, 4.69) is 10.4 Å². The number of rotatable bonds is 2. The Labute approximate surface area is 120 Å². The SMILES string of the molecule is Cn1cc(S(=O)(=O)N2CCNCC23CCCCC3)cn1. The second kappa shape index (κ2) is 5.13. The zero-order valence-corrected chi connectivity index (χ0v) is 12.7. The second-order valence-corrected chi connectivity index (χ2v) is 7.75. The van der Waals surface area contributed by atoms with E-state index in [-0.39, 0.29) is 5.54 Å². The summed E-state index contributed by atoms with van der Waals surface area (Å²) in [5, 5.41) is 7.38. The molecule has 1 saturated carbocycles. The molecule has 1 aromatic rings. The molecule has 0 amide bonds. The van der Waals surface area contributed by atoms with Gasteiger partial charge in [-0.2, -0.15) is 9.40 Å². The number of aromatic nitrogens is 2. The molecule has 1 N–H and O–H groups in total. The van der Waals surface area contributed by atoms with Gasteiger partial charge in [0.1, 0.15) is 4.90 Å². The topological polar surface area (TPSA) is 67.2 Å². The number of hydrogen-bond acceptors (Lipinski definition) is 4. The van der Waals surface area contributed by atoms with Crippen molar-refractivity contribution >= 4 is 10.0 Å². The van der Waals surface area contributed by atoms with Gasteiger partial charge in [-0.15, -0.1) is 0 Å². The Balaban J connectivity index is 1.97. The number of hydrogen-bond donors (Lipinski definition) is 1. The largest absolute Gasteiger partial charge is 0.314 e. The Morgan fingerprint density at radius 1 is 1.30 bits per heavy atom. The predicted molar refractivity (Wildman–Crippen MR) is 75.8 cm³/mol. The van der Waals surface area contributed by atoms with Gasteiger partial charge in [-0.25, -0.2) is 8.42 Å². The third kappa shape index (κ3) is 2.27. The van der Waals surface area contributed by atoms with Crippen molar-refractivity contribution in [3.05, 3.63) is 12.4 Å². The standard InChI is InChI=1S/C13H22N4O2S/c1-16-10-12(9-15-16)20(18,19)17-8-7-14-11-13(17)5-3-2-4-6-13/h9-10,14H,2-8,11H2,1H3. The van der Waals surface area contributed by atoms with Crippen molar-refractivity contribution in [1.29, 1.82) is 0 Å². The van der Waals surface area contributed by atoms with Crippen LogP contribution in [0.1, 0.15) is 32.1 Å². The molecule has 2 fully saturated rings. The van der Waals surface area contributed by atoms with Gasteiger partial charge >= 0.3 is 0 Å². The average Bonchev–Trinajstić information content (AvgIpc) is 2.87. The summed E-state index contributed by atoms with van der Waals surface area (Å²) in [7, 11) is -1.70. The number of sulfonamides is 1. The van der Waals surface area contributed by atoms with E-state index in [0.29, 0.717) is 11.4 Å². The van der Waals surface area contributed by atoms with E-state index in [1.54, 1.807) is 22.2 Å². The van der Waals surface area contributed by atoms with Crippen molar-refractivity contribution in [2.75, 3.05) is 19.6 Å². The summed E-state index contributed by atoms with van der Waals surface area (Å²) < 4.78 is 29.1. The van der Waals surface area contributed by atoms with Crippen molar-refractivity contribution in [3.8, 4) is 0 Å². The highest BCUT2D eigenvalue weighted by Gasteiger charge is 2.46. The summed E-state index contributed by atoms with van der Waals surface area (Å²) in [6, 6.07) is 0. The van der Waals surface area contributed by atoms with Crippen molar-refractivity contribution < 1.29 is 8.42 Å². The Bertz CT molecular complexity index is 567. The smallest absolute Gasteiger partial charge is 0.246 e. The molecule has 1 aromatic heterocycles. The van der Waals surface area contributed by atoms with Gasteiger partial charge in [-0.1, -0.05) is 19.3 Å². The molecule has 1 spiro atoms. The molecule has 112 valence electrons. The van der Waals surface area contributed by atoms with Gasteiger partial charge in [-0.05, 0) is 12.8 Å². The van der Waals surface area contributed by atoms with Gasteiger partial charge in [0.2, 0.25) is 10.0 Å². The highest BCUT2D eigenvalue weighted by atomic mass is 32.2. The van der Waals surface area contributed by atoms with E-state index >= 15 is 0 Å². The van der Waals surface area contributed by atoms with Crippen LogP contribution in [0.5, 0.6) is 0 Å². The molecule has 7 heteroatoms.